The molecule has 4 nitrogen and oxygen atoms in total. The molecular weight excluding hydrogens is 274 g/mol. The number of nitrogens with zero attached hydrogens (tertiary/aromatic N) is 2. The standard InChI is InChI=1S/C15H14ClN3O/c16-14-7-6-13(18-19-14)15(20)17-9-11-8-12(11)10-4-2-1-3-5-10/h1-7,11-12H,8-9H2,(H,17,20). The molecule has 1 aliphatic carbocycles. The molecule has 2 aromatic rings. The van der Waals surface area contributed by atoms with Gasteiger partial charge < -0.3 is 5.32 Å². The van der Waals surface area contributed by atoms with E-state index in [2.05, 4.69) is 27.6 Å². The lowest BCUT2D eigenvalue weighted by molar-refractivity contribution is 0.0945. The molecule has 5 heteroatoms. The molecule has 1 aromatic carbocycles. The number of carbonyl (C=O) groups excluding carboxylic acids is 1. The fraction of sp³-hybridized carbons (Fsp3) is 0.267. The Morgan fingerprint density at radius 1 is 1.20 bits per heavy atom. The average Bonchev–Trinajstić information content (AvgIpc) is 3.26. The fourth-order valence-corrected chi connectivity index (χ4v) is 2.43. The molecule has 0 aliphatic heterocycles. The summed E-state index contributed by atoms with van der Waals surface area (Å²) in [6.07, 6.45) is 1.12. The topological polar surface area (TPSA) is 54.9 Å². The maximum atomic E-state index is 11.9. The minimum atomic E-state index is -0.201. The SMILES string of the molecule is O=C(NCC1CC1c1ccccc1)c1ccc(Cl)nn1. The maximum absolute atomic E-state index is 11.9. The van der Waals surface area contributed by atoms with Crippen LogP contribution in [0.2, 0.25) is 5.15 Å². The van der Waals surface area contributed by atoms with Crippen molar-refractivity contribution in [1.29, 1.82) is 0 Å². The van der Waals surface area contributed by atoms with Crippen LogP contribution in [0.3, 0.4) is 0 Å². The van der Waals surface area contributed by atoms with Gasteiger partial charge in [-0.2, -0.15) is 0 Å². The zero-order valence-corrected chi connectivity index (χ0v) is 11.5. The van der Waals surface area contributed by atoms with Crippen molar-refractivity contribution in [3.8, 4) is 0 Å². The molecular formula is C15H14ClN3O. The van der Waals surface area contributed by atoms with Crippen LogP contribution in [0.1, 0.15) is 28.4 Å². The molecule has 1 aliphatic rings. The lowest BCUT2D eigenvalue weighted by Gasteiger charge is -2.04. The van der Waals surface area contributed by atoms with Gasteiger partial charge in [0.15, 0.2) is 10.8 Å². The lowest BCUT2D eigenvalue weighted by atomic mass is 10.1. The summed E-state index contributed by atoms with van der Waals surface area (Å²) in [5, 5.41) is 10.6. The predicted molar refractivity (Wildman–Crippen MR) is 76.7 cm³/mol. The van der Waals surface area contributed by atoms with E-state index in [-0.39, 0.29) is 11.1 Å². The third kappa shape index (κ3) is 2.96. The summed E-state index contributed by atoms with van der Waals surface area (Å²) in [5.41, 5.74) is 1.64. The summed E-state index contributed by atoms with van der Waals surface area (Å²) >= 11 is 5.64. The van der Waals surface area contributed by atoms with Crippen molar-refractivity contribution in [2.45, 2.75) is 12.3 Å². The quantitative estimate of drug-likeness (QED) is 0.940. The molecule has 2 unspecified atom stereocenters. The molecule has 1 N–H and O–H groups in total. The van der Waals surface area contributed by atoms with Gasteiger partial charge in [-0.1, -0.05) is 41.9 Å². The Morgan fingerprint density at radius 3 is 2.70 bits per heavy atom. The first kappa shape index (κ1) is 13.1. The molecule has 20 heavy (non-hydrogen) atoms. The second-order valence-corrected chi connectivity index (χ2v) is 5.35. The van der Waals surface area contributed by atoms with E-state index in [0.717, 1.165) is 6.42 Å². The number of hydrogen-bond donors (Lipinski definition) is 1. The number of carbonyl (C=O) groups is 1. The first-order valence-corrected chi connectivity index (χ1v) is 6.94. The van der Waals surface area contributed by atoms with Crippen molar-refractivity contribution in [1.82, 2.24) is 15.5 Å². The highest BCUT2D eigenvalue weighted by atomic mass is 35.5. The highest BCUT2D eigenvalue weighted by Crippen LogP contribution is 2.46. The first-order valence-electron chi connectivity index (χ1n) is 6.56. The Bertz CT molecular complexity index is 600. The minimum absolute atomic E-state index is 0.201. The number of nitrogens with one attached hydrogen (secondary N) is 1. The normalized spacial score (nSPS) is 20.4. The van der Waals surface area contributed by atoms with Crippen LogP contribution in [0, 0.1) is 5.92 Å². The molecule has 102 valence electrons. The Morgan fingerprint density at radius 2 is 2.00 bits per heavy atom. The van der Waals surface area contributed by atoms with Gasteiger partial charge in [-0.05, 0) is 36.0 Å². The van der Waals surface area contributed by atoms with Crippen LogP contribution < -0.4 is 5.32 Å². The van der Waals surface area contributed by atoms with E-state index in [1.54, 1.807) is 12.1 Å². The third-order valence-corrected chi connectivity index (χ3v) is 3.74. The summed E-state index contributed by atoms with van der Waals surface area (Å²) in [6, 6.07) is 13.5. The van der Waals surface area contributed by atoms with Gasteiger partial charge in [0.1, 0.15) is 0 Å². The molecule has 0 spiro atoms. The zero-order valence-electron chi connectivity index (χ0n) is 10.8. The Balaban J connectivity index is 1.51. The Hall–Kier alpha value is -1.94. The number of hydrogen-bond acceptors (Lipinski definition) is 3. The summed E-state index contributed by atoms with van der Waals surface area (Å²) in [5.74, 6) is 0.877. The molecule has 1 saturated carbocycles. The van der Waals surface area contributed by atoms with Crippen molar-refractivity contribution in [2.24, 2.45) is 5.92 Å². The van der Waals surface area contributed by atoms with E-state index in [0.29, 0.717) is 24.1 Å². The predicted octanol–water partition coefficient (Wildman–Crippen LogP) is 2.66. The lowest BCUT2D eigenvalue weighted by Crippen LogP contribution is -2.26. The Kier molecular flexibility index (Phi) is 3.65. The van der Waals surface area contributed by atoms with Crippen LogP contribution in [0.15, 0.2) is 42.5 Å². The summed E-state index contributed by atoms with van der Waals surface area (Å²) in [7, 11) is 0. The van der Waals surface area contributed by atoms with Gasteiger partial charge in [0, 0.05) is 6.54 Å². The van der Waals surface area contributed by atoms with E-state index in [4.69, 9.17) is 11.6 Å². The van der Waals surface area contributed by atoms with Crippen LogP contribution in [0.25, 0.3) is 0 Å². The summed E-state index contributed by atoms with van der Waals surface area (Å²) in [4.78, 5) is 11.9. The van der Waals surface area contributed by atoms with Gasteiger partial charge in [-0.15, -0.1) is 10.2 Å². The summed E-state index contributed by atoms with van der Waals surface area (Å²) < 4.78 is 0. The van der Waals surface area contributed by atoms with Crippen LogP contribution in [-0.2, 0) is 0 Å². The fourth-order valence-electron chi connectivity index (χ4n) is 2.33. The maximum Gasteiger partial charge on any atom is 0.271 e. The first-order chi connectivity index (χ1) is 9.74. The molecule has 2 atom stereocenters. The van der Waals surface area contributed by atoms with Gasteiger partial charge in [-0.25, -0.2) is 0 Å². The molecule has 3 rings (SSSR count). The number of halogens is 1. The van der Waals surface area contributed by atoms with Gasteiger partial charge >= 0.3 is 0 Å². The second-order valence-electron chi connectivity index (χ2n) is 4.96. The number of benzene rings is 1. The van der Waals surface area contributed by atoms with E-state index < -0.39 is 0 Å². The molecule has 0 bridgehead atoms. The van der Waals surface area contributed by atoms with Crippen LogP contribution in [0.4, 0.5) is 0 Å². The van der Waals surface area contributed by atoms with E-state index in [1.807, 2.05) is 18.2 Å². The molecule has 0 saturated heterocycles. The van der Waals surface area contributed by atoms with Crippen molar-refractivity contribution in [3.05, 3.63) is 58.9 Å². The van der Waals surface area contributed by atoms with Gasteiger partial charge in [0.2, 0.25) is 0 Å². The number of amides is 1. The highest BCUT2D eigenvalue weighted by molar-refractivity contribution is 6.29. The van der Waals surface area contributed by atoms with Crippen LogP contribution >= 0.6 is 11.6 Å². The highest BCUT2D eigenvalue weighted by Gasteiger charge is 2.38. The zero-order chi connectivity index (χ0) is 13.9. The van der Waals surface area contributed by atoms with Crippen LogP contribution in [-0.4, -0.2) is 22.6 Å². The average molecular weight is 288 g/mol. The van der Waals surface area contributed by atoms with Crippen molar-refractivity contribution in [3.63, 3.8) is 0 Å². The minimum Gasteiger partial charge on any atom is -0.350 e. The monoisotopic (exact) mass is 287 g/mol. The summed E-state index contributed by atoms with van der Waals surface area (Å²) in [6.45, 7) is 0.669. The van der Waals surface area contributed by atoms with E-state index in [1.165, 1.54) is 5.56 Å². The van der Waals surface area contributed by atoms with Crippen molar-refractivity contribution >= 4 is 17.5 Å². The molecule has 1 fully saturated rings. The third-order valence-electron chi connectivity index (χ3n) is 3.54. The molecule has 1 heterocycles. The molecule has 1 aromatic heterocycles. The second kappa shape index (κ2) is 5.59. The molecule has 0 radical (unpaired) electrons. The molecule has 1 amide bonds. The number of rotatable bonds is 4. The van der Waals surface area contributed by atoms with E-state index in [9.17, 15) is 4.79 Å². The van der Waals surface area contributed by atoms with Gasteiger partial charge in [-0.3, -0.25) is 4.79 Å². The van der Waals surface area contributed by atoms with Crippen molar-refractivity contribution < 1.29 is 4.79 Å². The van der Waals surface area contributed by atoms with Gasteiger partial charge in [0.05, 0.1) is 0 Å². The smallest absolute Gasteiger partial charge is 0.271 e. The van der Waals surface area contributed by atoms with E-state index >= 15 is 0 Å². The largest absolute Gasteiger partial charge is 0.350 e. The van der Waals surface area contributed by atoms with Gasteiger partial charge in [0.25, 0.3) is 5.91 Å². The van der Waals surface area contributed by atoms with Crippen molar-refractivity contribution in [2.75, 3.05) is 6.54 Å². The van der Waals surface area contributed by atoms with Crippen LogP contribution in [0.5, 0.6) is 0 Å². The number of aromatic nitrogens is 2. The Labute approximate surface area is 122 Å².